The van der Waals surface area contributed by atoms with E-state index in [1.165, 1.54) is 11.1 Å². The highest BCUT2D eigenvalue weighted by molar-refractivity contribution is 9.10. The third-order valence-electron chi connectivity index (χ3n) is 3.15. The van der Waals surface area contributed by atoms with Crippen LogP contribution in [0.4, 0.5) is 0 Å². The van der Waals surface area contributed by atoms with Crippen LogP contribution in [0.5, 0.6) is 0 Å². The number of hydrogen-bond acceptors (Lipinski definition) is 2. The van der Waals surface area contributed by atoms with E-state index in [4.69, 9.17) is 0 Å². The van der Waals surface area contributed by atoms with Gasteiger partial charge in [-0.05, 0) is 37.1 Å². The van der Waals surface area contributed by atoms with Gasteiger partial charge >= 0.3 is 0 Å². The summed E-state index contributed by atoms with van der Waals surface area (Å²) in [5.41, 5.74) is 3.64. The Labute approximate surface area is 129 Å². The predicted octanol–water partition coefficient (Wildman–Crippen LogP) is 3.75. The fraction of sp³-hybridized carbons (Fsp3) is 0.438. The zero-order chi connectivity index (χ0) is 14.5. The molecule has 0 aliphatic carbocycles. The summed E-state index contributed by atoms with van der Waals surface area (Å²) in [5.74, 6) is 0.673. The normalized spacial score (nSPS) is 11.2. The molecular weight excluding hydrogens is 314 g/mol. The van der Waals surface area contributed by atoms with Crippen molar-refractivity contribution in [2.24, 2.45) is 5.92 Å². The maximum absolute atomic E-state index is 4.59. The maximum Gasteiger partial charge on any atom is 0.0659 e. The van der Waals surface area contributed by atoms with Crippen LogP contribution in [0.1, 0.15) is 30.7 Å². The van der Waals surface area contributed by atoms with Crippen LogP contribution in [-0.4, -0.2) is 16.3 Å². The lowest BCUT2D eigenvalue weighted by Gasteiger charge is -2.06. The Hall–Kier alpha value is -1.13. The predicted molar refractivity (Wildman–Crippen MR) is 86.8 cm³/mol. The molecule has 1 aromatic heterocycles. The lowest BCUT2D eigenvalue weighted by molar-refractivity contribution is 0.551. The standard InChI is InChI=1S/C16H22BrN3/c1-12(2)8-18-9-15-11-20(19-13(15)3)10-14-5-4-6-16(17)7-14/h4-7,11-12,18H,8-10H2,1-3H3. The molecule has 0 bridgehead atoms. The average molecular weight is 336 g/mol. The molecule has 0 aliphatic rings. The molecule has 3 nitrogen and oxygen atoms in total. The van der Waals surface area contributed by atoms with Crippen LogP contribution in [0.2, 0.25) is 0 Å². The van der Waals surface area contributed by atoms with Gasteiger partial charge in [-0.15, -0.1) is 0 Å². The van der Waals surface area contributed by atoms with Crippen LogP contribution in [0.25, 0.3) is 0 Å². The highest BCUT2D eigenvalue weighted by Gasteiger charge is 2.05. The summed E-state index contributed by atoms with van der Waals surface area (Å²) in [6.45, 7) is 9.25. The van der Waals surface area contributed by atoms with Gasteiger partial charge in [-0.1, -0.05) is 41.9 Å². The fourth-order valence-corrected chi connectivity index (χ4v) is 2.58. The smallest absolute Gasteiger partial charge is 0.0659 e. The molecule has 0 atom stereocenters. The van der Waals surface area contributed by atoms with Gasteiger partial charge in [-0.2, -0.15) is 5.10 Å². The van der Waals surface area contributed by atoms with Crippen molar-refractivity contribution in [2.45, 2.75) is 33.9 Å². The topological polar surface area (TPSA) is 29.9 Å². The average Bonchev–Trinajstić information content (AvgIpc) is 2.69. The minimum atomic E-state index is 0.673. The molecule has 1 heterocycles. The molecule has 0 saturated heterocycles. The largest absolute Gasteiger partial charge is 0.312 e. The maximum atomic E-state index is 4.59. The van der Waals surface area contributed by atoms with E-state index in [2.05, 4.69) is 71.5 Å². The van der Waals surface area contributed by atoms with Gasteiger partial charge in [0, 0.05) is 22.8 Å². The first-order valence-corrected chi connectivity index (χ1v) is 7.82. The summed E-state index contributed by atoms with van der Waals surface area (Å²) in [6, 6.07) is 8.35. The zero-order valence-electron chi connectivity index (χ0n) is 12.4. The number of nitrogens with zero attached hydrogens (tertiary/aromatic N) is 2. The Kier molecular flexibility index (Phi) is 5.38. The number of aryl methyl sites for hydroxylation is 1. The molecule has 0 saturated carbocycles. The summed E-state index contributed by atoms with van der Waals surface area (Å²) in [5, 5.41) is 8.06. The van der Waals surface area contributed by atoms with Crippen LogP contribution in [-0.2, 0) is 13.1 Å². The monoisotopic (exact) mass is 335 g/mol. The van der Waals surface area contributed by atoms with Crippen LogP contribution < -0.4 is 5.32 Å². The van der Waals surface area contributed by atoms with Gasteiger partial charge in [0.25, 0.3) is 0 Å². The van der Waals surface area contributed by atoms with Crippen molar-refractivity contribution < 1.29 is 0 Å². The molecule has 0 fully saturated rings. The van der Waals surface area contributed by atoms with Crippen molar-refractivity contribution in [1.29, 1.82) is 0 Å². The van der Waals surface area contributed by atoms with E-state index in [1.807, 2.05) is 10.7 Å². The molecule has 0 spiro atoms. The van der Waals surface area contributed by atoms with Crippen molar-refractivity contribution in [1.82, 2.24) is 15.1 Å². The second-order valence-corrected chi connectivity index (χ2v) is 6.51. The quantitative estimate of drug-likeness (QED) is 0.871. The molecule has 20 heavy (non-hydrogen) atoms. The molecule has 2 aromatic rings. The third kappa shape index (κ3) is 4.46. The second kappa shape index (κ2) is 7.04. The number of rotatable bonds is 6. The van der Waals surface area contributed by atoms with Crippen molar-refractivity contribution in [2.75, 3.05) is 6.54 Å². The number of hydrogen-bond donors (Lipinski definition) is 1. The summed E-state index contributed by atoms with van der Waals surface area (Å²) in [6.07, 6.45) is 2.14. The molecule has 0 radical (unpaired) electrons. The van der Waals surface area contributed by atoms with Crippen LogP contribution in [0.15, 0.2) is 34.9 Å². The van der Waals surface area contributed by atoms with Crippen molar-refractivity contribution in [3.8, 4) is 0 Å². The lowest BCUT2D eigenvalue weighted by Crippen LogP contribution is -2.19. The van der Waals surface area contributed by atoms with Crippen LogP contribution >= 0.6 is 15.9 Å². The van der Waals surface area contributed by atoms with Gasteiger partial charge in [0.1, 0.15) is 0 Å². The Morgan fingerprint density at radius 2 is 2.15 bits per heavy atom. The molecular formula is C16H22BrN3. The Bertz CT molecular complexity index is 561. The van der Waals surface area contributed by atoms with Gasteiger partial charge in [-0.25, -0.2) is 0 Å². The molecule has 4 heteroatoms. The highest BCUT2D eigenvalue weighted by Crippen LogP contribution is 2.13. The van der Waals surface area contributed by atoms with Crippen molar-refractivity contribution in [3.05, 3.63) is 51.8 Å². The highest BCUT2D eigenvalue weighted by atomic mass is 79.9. The van der Waals surface area contributed by atoms with Gasteiger partial charge in [0.05, 0.1) is 12.2 Å². The lowest BCUT2D eigenvalue weighted by atomic mass is 10.2. The van der Waals surface area contributed by atoms with E-state index >= 15 is 0 Å². The molecule has 1 N–H and O–H groups in total. The molecule has 0 unspecified atom stereocenters. The summed E-state index contributed by atoms with van der Waals surface area (Å²) < 4.78 is 3.13. The third-order valence-corrected chi connectivity index (χ3v) is 3.64. The molecule has 0 aliphatic heterocycles. The number of nitrogens with one attached hydrogen (secondary N) is 1. The van der Waals surface area contributed by atoms with Gasteiger partial charge in [0.15, 0.2) is 0 Å². The van der Waals surface area contributed by atoms with E-state index in [0.29, 0.717) is 5.92 Å². The molecule has 108 valence electrons. The summed E-state index contributed by atoms with van der Waals surface area (Å²) in [7, 11) is 0. The van der Waals surface area contributed by atoms with E-state index in [1.54, 1.807) is 0 Å². The minimum Gasteiger partial charge on any atom is -0.312 e. The van der Waals surface area contributed by atoms with Gasteiger partial charge in [-0.3, -0.25) is 4.68 Å². The number of benzene rings is 1. The first-order valence-electron chi connectivity index (χ1n) is 7.02. The minimum absolute atomic E-state index is 0.673. The molecule has 1 aromatic carbocycles. The number of aromatic nitrogens is 2. The van der Waals surface area contributed by atoms with E-state index in [9.17, 15) is 0 Å². The number of halogens is 1. The Balaban J connectivity index is 2.00. The molecule has 0 amide bonds. The van der Waals surface area contributed by atoms with Crippen LogP contribution in [0.3, 0.4) is 0 Å². The Morgan fingerprint density at radius 3 is 2.85 bits per heavy atom. The SMILES string of the molecule is Cc1nn(Cc2cccc(Br)c2)cc1CNCC(C)C. The summed E-state index contributed by atoms with van der Waals surface area (Å²) in [4.78, 5) is 0. The van der Waals surface area contributed by atoms with Gasteiger partial charge < -0.3 is 5.32 Å². The fourth-order valence-electron chi connectivity index (χ4n) is 2.13. The molecule has 2 rings (SSSR count). The first-order chi connectivity index (χ1) is 9.54. The summed E-state index contributed by atoms with van der Waals surface area (Å²) >= 11 is 3.50. The zero-order valence-corrected chi connectivity index (χ0v) is 13.9. The van der Waals surface area contributed by atoms with Gasteiger partial charge in [0.2, 0.25) is 0 Å². The van der Waals surface area contributed by atoms with E-state index in [0.717, 1.165) is 29.8 Å². The van der Waals surface area contributed by atoms with E-state index < -0.39 is 0 Å². The van der Waals surface area contributed by atoms with Crippen LogP contribution in [0, 0.1) is 12.8 Å². The van der Waals surface area contributed by atoms with Crippen molar-refractivity contribution >= 4 is 15.9 Å². The van der Waals surface area contributed by atoms with Crippen molar-refractivity contribution in [3.63, 3.8) is 0 Å². The Morgan fingerprint density at radius 1 is 1.35 bits per heavy atom. The van der Waals surface area contributed by atoms with E-state index in [-0.39, 0.29) is 0 Å². The first kappa shape index (κ1) is 15.3. The second-order valence-electron chi connectivity index (χ2n) is 5.59.